The van der Waals surface area contributed by atoms with Crippen molar-refractivity contribution in [2.45, 2.75) is 6.92 Å². The van der Waals surface area contributed by atoms with Crippen molar-refractivity contribution in [3.8, 4) is 5.75 Å². The van der Waals surface area contributed by atoms with E-state index in [0.717, 1.165) is 31.9 Å². The fraction of sp³-hybridized carbons (Fsp3) is 0.556. The van der Waals surface area contributed by atoms with Crippen LogP contribution in [0.25, 0.3) is 0 Å². The third-order valence-corrected chi connectivity index (χ3v) is 5.17. The Hall–Kier alpha value is -2.28. The Morgan fingerprint density at radius 1 is 1.00 bits per heavy atom. The summed E-state index contributed by atoms with van der Waals surface area (Å²) in [5.41, 5.74) is 0.869. The van der Waals surface area contributed by atoms with Crippen LogP contribution in [0.1, 0.15) is 6.92 Å². The molecule has 2 heterocycles. The monoisotopic (exact) mass is 347 g/mol. The van der Waals surface area contributed by atoms with Gasteiger partial charge >= 0.3 is 0 Å². The van der Waals surface area contributed by atoms with Gasteiger partial charge in [-0.2, -0.15) is 0 Å². The highest BCUT2D eigenvalue weighted by atomic mass is 16.3. The van der Waals surface area contributed by atoms with E-state index in [-0.39, 0.29) is 11.8 Å². The van der Waals surface area contributed by atoms with Crippen molar-refractivity contribution in [1.29, 1.82) is 0 Å². The molecule has 0 aromatic heterocycles. The van der Waals surface area contributed by atoms with Crippen molar-refractivity contribution in [1.82, 2.24) is 9.80 Å². The standard InChI is InChI=1S/C18H26N4O3/c1-15(23)20-10-12-22(13-11-20)18(25)14-19-6-8-21(9-7-19)16-4-2-3-5-17(16)24/h2-5,24H,6-14H2,1H3/p+1. The highest BCUT2D eigenvalue weighted by Crippen LogP contribution is 2.25. The lowest BCUT2D eigenvalue weighted by Crippen LogP contribution is -3.16. The summed E-state index contributed by atoms with van der Waals surface area (Å²) >= 11 is 0. The van der Waals surface area contributed by atoms with Gasteiger partial charge in [0.2, 0.25) is 5.91 Å². The number of phenols is 1. The second kappa shape index (κ2) is 7.74. The Morgan fingerprint density at radius 3 is 2.20 bits per heavy atom. The summed E-state index contributed by atoms with van der Waals surface area (Å²) < 4.78 is 0. The van der Waals surface area contributed by atoms with Crippen LogP contribution in [0.4, 0.5) is 5.69 Å². The van der Waals surface area contributed by atoms with Gasteiger partial charge in [0.15, 0.2) is 6.54 Å². The number of phenolic OH excluding ortho intramolecular Hbond substituents is 1. The Bertz CT molecular complexity index is 621. The molecule has 0 aliphatic carbocycles. The van der Waals surface area contributed by atoms with Crippen LogP contribution in [0.3, 0.4) is 0 Å². The first-order chi connectivity index (χ1) is 12.0. The zero-order valence-electron chi connectivity index (χ0n) is 14.8. The zero-order valence-corrected chi connectivity index (χ0v) is 14.8. The number of carbonyl (C=O) groups excluding carboxylic acids is 2. The summed E-state index contributed by atoms with van der Waals surface area (Å²) in [6.07, 6.45) is 0. The number of nitrogens with zero attached hydrogens (tertiary/aromatic N) is 3. The molecule has 1 aromatic rings. The van der Waals surface area contributed by atoms with Crippen molar-refractivity contribution in [2.24, 2.45) is 0 Å². The first kappa shape index (κ1) is 17.5. The fourth-order valence-electron chi connectivity index (χ4n) is 3.57. The van der Waals surface area contributed by atoms with Crippen LogP contribution in [0.5, 0.6) is 5.75 Å². The summed E-state index contributed by atoms with van der Waals surface area (Å²) in [4.78, 5) is 31.0. The van der Waals surface area contributed by atoms with Crippen molar-refractivity contribution in [3.05, 3.63) is 24.3 Å². The molecule has 2 amide bonds. The lowest BCUT2D eigenvalue weighted by atomic mass is 10.2. The molecule has 7 nitrogen and oxygen atoms in total. The van der Waals surface area contributed by atoms with E-state index in [4.69, 9.17) is 0 Å². The van der Waals surface area contributed by atoms with Gasteiger partial charge in [-0.1, -0.05) is 12.1 Å². The van der Waals surface area contributed by atoms with Crippen LogP contribution in [-0.4, -0.2) is 85.6 Å². The minimum Gasteiger partial charge on any atom is -0.506 e. The lowest BCUT2D eigenvalue weighted by molar-refractivity contribution is -0.892. The van der Waals surface area contributed by atoms with Crippen molar-refractivity contribution in [2.75, 3.05) is 63.8 Å². The van der Waals surface area contributed by atoms with Gasteiger partial charge in [-0.15, -0.1) is 0 Å². The van der Waals surface area contributed by atoms with Crippen LogP contribution in [0.2, 0.25) is 0 Å². The first-order valence-corrected chi connectivity index (χ1v) is 8.94. The number of quaternary nitrogens is 1. The molecule has 0 radical (unpaired) electrons. The van der Waals surface area contributed by atoms with E-state index in [0.29, 0.717) is 38.5 Å². The molecule has 25 heavy (non-hydrogen) atoms. The average molecular weight is 347 g/mol. The summed E-state index contributed by atoms with van der Waals surface area (Å²) in [6, 6.07) is 7.39. The molecule has 1 aromatic carbocycles. The predicted octanol–water partition coefficient (Wildman–Crippen LogP) is -1.21. The van der Waals surface area contributed by atoms with Crippen molar-refractivity contribution >= 4 is 17.5 Å². The molecule has 2 N–H and O–H groups in total. The quantitative estimate of drug-likeness (QED) is 0.720. The van der Waals surface area contributed by atoms with Gasteiger partial charge in [-0.3, -0.25) is 9.59 Å². The molecule has 7 heteroatoms. The minimum absolute atomic E-state index is 0.0815. The number of hydrogen-bond donors (Lipinski definition) is 2. The molecule has 0 atom stereocenters. The molecule has 0 bridgehead atoms. The van der Waals surface area contributed by atoms with Crippen molar-refractivity contribution in [3.63, 3.8) is 0 Å². The molecule has 0 unspecified atom stereocenters. The number of hydrogen-bond acceptors (Lipinski definition) is 4. The number of rotatable bonds is 3. The Balaban J connectivity index is 1.45. The van der Waals surface area contributed by atoms with Gasteiger partial charge in [0, 0.05) is 33.1 Å². The number of benzene rings is 1. The van der Waals surface area contributed by atoms with Crippen LogP contribution in [-0.2, 0) is 9.59 Å². The normalized spacial score (nSPS) is 19.2. The molecule has 3 rings (SSSR count). The van der Waals surface area contributed by atoms with E-state index in [9.17, 15) is 14.7 Å². The lowest BCUT2D eigenvalue weighted by Gasteiger charge is -2.36. The van der Waals surface area contributed by atoms with Gasteiger partial charge in [0.05, 0.1) is 31.9 Å². The number of anilines is 1. The highest BCUT2D eigenvalue weighted by Gasteiger charge is 2.28. The maximum Gasteiger partial charge on any atom is 0.277 e. The maximum absolute atomic E-state index is 12.5. The van der Waals surface area contributed by atoms with Crippen LogP contribution >= 0.6 is 0 Å². The number of nitrogens with one attached hydrogen (secondary N) is 1. The van der Waals surface area contributed by atoms with E-state index >= 15 is 0 Å². The first-order valence-electron chi connectivity index (χ1n) is 8.94. The minimum atomic E-state index is 0.0815. The third kappa shape index (κ3) is 4.22. The maximum atomic E-state index is 12.5. The second-order valence-corrected chi connectivity index (χ2v) is 6.79. The second-order valence-electron chi connectivity index (χ2n) is 6.79. The number of para-hydroxylation sites is 2. The van der Waals surface area contributed by atoms with Crippen molar-refractivity contribution < 1.29 is 19.6 Å². The van der Waals surface area contributed by atoms with Crippen LogP contribution in [0.15, 0.2) is 24.3 Å². The molecule has 0 saturated carbocycles. The number of aromatic hydroxyl groups is 1. The van der Waals surface area contributed by atoms with E-state index in [1.807, 2.05) is 23.1 Å². The molecule has 2 aliphatic heterocycles. The van der Waals surface area contributed by atoms with E-state index in [2.05, 4.69) is 4.90 Å². The smallest absolute Gasteiger partial charge is 0.277 e. The molecule has 2 aliphatic rings. The van der Waals surface area contributed by atoms with Crippen LogP contribution in [0, 0.1) is 0 Å². The van der Waals surface area contributed by atoms with Crippen LogP contribution < -0.4 is 9.80 Å². The third-order valence-electron chi connectivity index (χ3n) is 5.17. The molecule has 2 saturated heterocycles. The van der Waals surface area contributed by atoms with E-state index in [1.54, 1.807) is 17.9 Å². The topological polar surface area (TPSA) is 68.5 Å². The summed E-state index contributed by atoms with van der Waals surface area (Å²) in [6.45, 7) is 8.05. The average Bonchev–Trinajstić information content (AvgIpc) is 2.63. The van der Waals surface area contributed by atoms with Gasteiger partial charge in [0.25, 0.3) is 5.91 Å². The largest absolute Gasteiger partial charge is 0.506 e. The van der Waals surface area contributed by atoms with Gasteiger partial charge in [-0.25, -0.2) is 0 Å². The molecule has 2 fully saturated rings. The number of piperazine rings is 2. The summed E-state index contributed by atoms with van der Waals surface area (Å²) in [7, 11) is 0. The molecule has 136 valence electrons. The van der Waals surface area contributed by atoms with Gasteiger partial charge in [0.1, 0.15) is 5.75 Å². The number of carbonyl (C=O) groups is 2. The predicted molar refractivity (Wildman–Crippen MR) is 94.7 cm³/mol. The number of amides is 2. The van der Waals surface area contributed by atoms with Gasteiger partial charge < -0.3 is 24.7 Å². The Morgan fingerprint density at radius 2 is 1.60 bits per heavy atom. The van der Waals surface area contributed by atoms with E-state index < -0.39 is 0 Å². The highest BCUT2D eigenvalue weighted by molar-refractivity contribution is 5.78. The summed E-state index contributed by atoms with van der Waals surface area (Å²) in [5.74, 6) is 0.567. The molecular formula is C18H27N4O3+. The molecular weight excluding hydrogens is 320 g/mol. The SMILES string of the molecule is CC(=O)N1CCN(C(=O)C[NH+]2CCN(c3ccccc3O)CC2)CC1. The van der Waals surface area contributed by atoms with E-state index in [1.165, 1.54) is 4.90 Å². The Kier molecular flexibility index (Phi) is 5.43. The zero-order chi connectivity index (χ0) is 17.8. The van der Waals surface area contributed by atoms with Gasteiger partial charge in [-0.05, 0) is 12.1 Å². The Labute approximate surface area is 148 Å². The fourth-order valence-corrected chi connectivity index (χ4v) is 3.57. The molecule has 0 spiro atoms. The summed E-state index contributed by atoms with van der Waals surface area (Å²) in [5, 5.41) is 9.97.